The van der Waals surface area contributed by atoms with Gasteiger partial charge in [0.15, 0.2) is 5.75 Å². The van der Waals surface area contributed by atoms with Crippen LogP contribution in [-0.4, -0.2) is 74.7 Å². The number of phenols is 1. The first-order chi connectivity index (χ1) is 34.3. The molecule has 0 unspecified atom stereocenters. The van der Waals surface area contributed by atoms with Gasteiger partial charge in [-0.1, -0.05) is 16.1 Å². The van der Waals surface area contributed by atoms with Gasteiger partial charge in [-0.15, -0.1) is 34.2 Å². The SMILES string of the molecule is COc1cc(N=Nc2cc(C)c(N=Nc3ccc(SOOO)cc3C(=O)O)cc2C)c(C)cc1N=Nc1c(SOOO)cc2cc(-n3nc4ccc5c(S(=O)(=O)O)cc(S(=O)(=O)O)cc5c4n3)ccc2c1O. The van der Waals surface area contributed by atoms with Crippen LogP contribution in [-0.2, 0) is 39.0 Å². The van der Waals surface area contributed by atoms with Crippen molar-refractivity contribution in [2.24, 2.45) is 30.7 Å². The Bertz CT molecular complexity index is 3840. The number of phenolic OH excluding ortho intramolecular Hbond substituents is 1. The number of rotatable bonds is 17. The van der Waals surface area contributed by atoms with E-state index in [0.29, 0.717) is 79.9 Å². The molecule has 0 spiro atoms. The minimum absolute atomic E-state index is 0.0222. The van der Waals surface area contributed by atoms with E-state index < -0.39 is 36.0 Å². The normalized spacial score (nSPS) is 12.4. The molecule has 1 aromatic heterocycles. The molecule has 0 radical (unpaired) electrons. The molecule has 72 heavy (non-hydrogen) atoms. The molecule has 8 rings (SSSR count). The third kappa shape index (κ3) is 10.8. The fourth-order valence-corrected chi connectivity index (χ4v) is 9.35. The number of carboxylic acid groups (broad SMARTS) is 1. The molecular formula is C43H33N9O16S4. The van der Waals surface area contributed by atoms with Gasteiger partial charge in [0.2, 0.25) is 0 Å². The first-order valence-electron chi connectivity index (χ1n) is 20.1. The molecule has 0 atom stereocenters. The lowest BCUT2D eigenvalue weighted by atomic mass is 10.1. The number of benzene rings is 7. The number of ether oxygens (including phenoxy) is 1. The van der Waals surface area contributed by atoms with Gasteiger partial charge in [0.1, 0.15) is 38.7 Å². The number of aromatic hydroxyl groups is 1. The highest BCUT2D eigenvalue weighted by atomic mass is 32.2. The standard InChI is InChI=1S/C43H33N9O16S4/c1-20-12-34(21(2)11-33(20)45-44-31-9-6-25(69-67-65-56)16-30(31)43(54)55)46-47-35-19-37(64-4)36(13-22(35)3)48-49-41-38(70-68-66-57)15-23-14-24(5-7-27(23)42(41)53)52-50-32-10-8-28-29(40(32)51-52)17-26(71(58,59)60)18-39(28)72(61,62)63/h5-19,53,56-57H,1-4H3,(H,54,55)(H,58,59,60)(H,61,62,63). The Hall–Kier alpha value is -7.39. The lowest BCUT2D eigenvalue weighted by Gasteiger charge is -2.11. The van der Waals surface area contributed by atoms with Crippen molar-refractivity contribution in [1.82, 2.24) is 15.0 Å². The summed E-state index contributed by atoms with van der Waals surface area (Å²) in [5, 5.41) is 81.5. The number of hydrogen-bond acceptors (Lipinski definition) is 23. The number of azo groups is 3. The summed E-state index contributed by atoms with van der Waals surface area (Å²) in [6.07, 6.45) is 0. The molecule has 0 amide bonds. The molecule has 8 aromatic rings. The molecule has 370 valence electrons. The Morgan fingerprint density at radius 2 is 1.25 bits per heavy atom. The first kappa shape index (κ1) is 51.0. The zero-order valence-electron chi connectivity index (χ0n) is 37.1. The summed E-state index contributed by atoms with van der Waals surface area (Å²) in [5.74, 6) is -1.40. The van der Waals surface area contributed by atoms with Gasteiger partial charge in [0, 0.05) is 27.1 Å². The van der Waals surface area contributed by atoms with Crippen molar-refractivity contribution in [2.45, 2.75) is 40.4 Å². The van der Waals surface area contributed by atoms with Crippen LogP contribution in [0, 0.1) is 20.8 Å². The molecule has 25 nitrogen and oxygen atoms in total. The van der Waals surface area contributed by atoms with Crippen LogP contribution in [0.25, 0.3) is 38.3 Å². The first-order valence-corrected chi connectivity index (χ1v) is 24.4. The van der Waals surface area contributed by atoms with Gasteiger partial charge in [-0.2, -0.15) is 37.0 Å². The van der Waals surface area contributed by atoms with Gasteiger partial charge >= 0.3 is 5.97 Å². The largest absolute Gasteiger partial charge is 0.505 e. The van der Waals surface area contributed by atoms with Gasteiger partial charge in [-0.25, -0.2) is 15.3 Å². The van der Waals surface area contributed by atoms with Crippen LogP contribution in [0.5, 0.6) is 11.5 Å². The van der Waals surface area contributed by atoms with Crippen LogP contribution in [0.1, 0.15) is 27.0 Å². The number of carbonyl (C=O) groups is 1. The second-order valence-electron chi connectivity index (χ2n) is 15.1. The third-order valence-corrected chi connectivity index (χ3v) is 13.5. The highest BCUT2D eigenvalue weighted by Gasteiger charge is 2.24. The van der Waals surface area contributed by atoms with Crippen LogP contribution in [0.3, 0.4) is 0 Å². The fraction of sp³-hybridized carbons (Fsp3) is 0.0930. The molecule has 6 N–H and O–H groups in total. The average Bonchev–Trinajstić information content (AvgIpc) is 3.79. The van der Waals surface area contributed by atoms with Crippen molar-refractivity contribution < 1.29 is 74.9 Å². The second kappa shape index (κ2) is 20.8. The van der Waals surface area contributed by atoms with Crippen molar-refractivity contribution in [3.8, 4) is 17.2 Å². The number of hydrogen-bond donors (Lipinski definition) is 6. The predicted molar refractivity (Wildman–Crippen MR) is 256 cm³/mol. The molecule has 0 saturated heterocycles. The van der Waals surface area contributed by atoms with E-state index in [9.17, 15) is 40.9 Å². The highest BCUT2D eigenvalue weighted by Crippen LogP contribution is 2.46. The number of aryl methyl sites for hydroxylation is 3. The van der Waals surface area contributed by atoms with E-state index in [1.807, 2.05) is 0 Å². The zero-order chi connectivity index (χ0) is 51.6. The minimum Gasteiger partial charge on any atom is -0.505 e. The lowest BCUT2D eigenvalue weighted by Crippen LogP contribution is -2.04. The number of aromatic carboxylic acids is 1. The number of aromatic nitrogens is 3. The van der Waals surface area contributed by atoms with Crippen LogP contribution in [0.2, 0.25) is 0 Å². The summed E-state index contributed by atoms with van der Waals surface area (Å²) >= 11 is 1.08. The molecule has 0 aliphatic rings. The molecule has 0 saturated carbocycles. The summed E-state index contributed by atoms with van der Waals surface area (Å²) in [4.78, 5) is 11.9. The van der Waals surface area contributed by atoms with Crippen LogP contribution < -0.4 is 4.74 Å². The number of nitrogens with zero attached hydrogens (tertiary/aromatic N) is 9. The van der Waals surface area contributed by atoms with E-state index in [-0.39, 0.29) is 66.2 Å². The van der Waals surface area contributed by atoms with E-state index in [2.05, 4.69) is 55.3 Å². The summed E-state index contributed by atoms with van der Waals surface area (Å²) < 4.78 is 82.9. The van der Waals surface area contributed by atoms with E-state index in [4.69, 9.17) is 19.6 Å². The summed E-state index contributed by atoms with van der Waals surface area (Å²) in [5.41, 5.74) is 3.85. The molecule has 0 bridgehead atoms. The molecule has 0 fully saturated rings. The summed E-state index contributed by atoms with van der Waals surface area (Å²) in [7, 11) is -8.48. The molecule has 1 heterocycles. The minimum atomic E-state index is -4.96. The quantitative estimate of drug-likeness (QED) is 0.0162. The molecule has 0 aliphatic carbocycles. The fourth-order valence-electron chi connectivity index (χ4n) is 7.12. The Morgan fingerprint density at radius 3 is 1.88 bits per heavy atom. The Kier molecular flexibility index (Phi) is 14.7. The van der Waals surface area contributed by atoms with Crippen molar-refractivity contribution >= 4 is 117 Å². The molecule has 0 aliphatic heterocycles. The van der Waals surface area contributed by atoms with Crippen LogP contribution in [0.15, 0.2) is 141 Å². The van der Waals surface area contributed by atoms with E-state index in [0.717, 1.165) is 10.9 Å². The monoisotopic (exact) mass is 1060 g/mol. The van der Waals surface area contributed by atoms with Gasteiger partial charge in [-0.3, -0.25) is 9.11 Å². The van der Waals surface area contributed by atoms with Crippen molar-refractivity contribution in [3.63, 3.8) is 0 Å². The van der Waals surface area contributed by atoms with Crippen molar-refractivity contribution in [1.29, 1.82) is 0 Å². The number of carboxylic acids is 1. The average molecular weight is 1060 g/mol. The van der Waals surface area contributed by atoms with Crippen LogP contribution >= 0.6 is 24.1 Å². The molecule has 29 heteroatoms. The van der Waals surface area contributed by atoms with Gasteiger partial charge < -0.3 is 14.9 Å². The van der Waals surface area contributed by atoms with Crippen molar-refractivity contribution in [2.75, 3.05) is 7.11 Å². The summed E-state index contributed by atoms with van der Waals surface area (Å²) in [6, 6.07) is 21.4. The maximum absolute atomic E-state index is 12.2. The number of methoxy groups -OCH3 is 1. The highest BCUT2D eigenvalue weighted by molar-refractivity contribution is 7.95. The van der Waals surface area contributed by atoms with E-state index in [1.165, 1.54) is 55.6 Å². The Morgan fingerprint density at radius 1 is 0.639 bits per heavy atom. The Labute approximate surface area is 413 Å². The Balaban J connectivity index is 1.07. The predicted octanol–water partition coefficient (Wildman–Crippen LogP) is 11.7. The zero-order valence-corrected chi connectivity index (χ0v) is 40.3. The summed E-state index contributed by atoms with van der Waals surface area (Å²) in [6.45, 7) is 5.31. The maximum Gasteiger partial charge on any atom is 0.338 e. The smallest absolute Gasteiger partial charge is 0.338 e. The maximum atomic E-state index is 12.2. The van der Waals surface area contributed by atoms with Crippen molar-refractivity contribution in [3.05, 3.63) is 113 Å². The van der Waals surface area contributed by atoms with Gasteiger partial charge in [0.05, 0.1) is 69.3 Å². The van der Waals surface area contributed by atoms with Gasteiger partial charge in [-0.05, 0) is 122 Å². The van der Waals surface area contributed by atoms with Gasteiger partial charge in [0.25, 0.3) is 20.2 Å². The third-order valence-electron chi connectivity index (χ3n) is 10.6. The molecular weight excluding hydrogens is 1030 g/mol. The lowest BCUT2D eigenvalue weighted by molar-refractivity contribution is -0.432. The van der Waals surface area contributed by atoms with E-state index >= 15 is 0 Å². The topological polar surface area (TPSA) is 358 Å². The van der Waals surface area contributed by atoms with E-state index in [1.54, 1.807) is 51.1 Å². The molecule has 7 aromatic carbocycles. The number of fused-ring (bicyclic) bond motifs is 4. The van der Waals surface area contributed by atoms with Crippen LogP contribution in [0.4, 0.5) is 34.1 Å². The second-order valence-corrected chi connectivity index (χ2v) is 19.5.